The molecule has 0 saturated carbocycles. The molecule has 0 unspecified atom stereocenters. The molecule has 4 nitrogen and oxygen atoms in total. The highest BCUT2D eigenvalue weighted by atomic mass is 16.5. The van der Waals surface area contributed by atoms with Crippen molar-refractivity contribution in [1.29, 1.82) is 0 Å². The Morgan fingerprint density at radius 1 is 1.07 bits per heavy atom. The van der Waals surface area contributed by atoms with E-state index in [0.717, 1.165) is 60.3 Å². The van der Waals surface area contributed by atoms with Crippen LogP contribution >= 0.6 is 0 Å². The lowest BCUT2D eigenvalue weighted by atomic mass is 9.97. The number of nitrogens with zero attached hydrogens (tertiary/aromatic N) is 1. The van der Waals surface area contributed by atoms with E-state index in [9.17, 15) is 4.79 Å². The lowest BCUT2D eigenvalue weighted by molar-refractivity contribution is 0.103. The number of carbonyl (C=O) groups is 1. The lowest BCUT2D eigenvalue weighted by Gasteiger charge is -2.10. The molecule has 0 amide bonds. The van der Waals surface area contributed by atoms with Gasteiger partial charge in [-0.2, -0.15) is 0 Å². The Morgan fingerprint density at radius 2 is 1.83 bits per heavy atom. The van der Waals surface area contributed by atoms with E-state index in [1.165, 1.54) is 0 Å². The van der Waals surface area contributed by atoms with Gasteiger partial charge in [-0.1, -0.05) is 25.0 Å². The molecule has 0 spiro atoms. The van der Waals surface area contributed by atoms with Crippen LogP contribution in [0, 0.1) is 6.92 Å². The fraction of sp³-hybridized carbons (Fsp3) is 0.400. The van der Waals surface area contributed by atoms with Gasteiger partial charge >= 0.3 is 0 Å². The number of benzene rings is 2. The summed E-state index contributed by atoms with van der Waals surface area (Å²) in [6.07, 6.45) is 3.80. The number of fused-ring (bicyclic) bond motifs is 1. The summed E-state index contributed by atoms with van der Waals surface area (Å²) in [4.78, 5) is 15.5. The van der Waals surface area contributed by atoms with Crippen molar-refractivity contribution in [1.82, 2.24) is 4.90 Å². The number of hydrogen-bond donors (Lipinski definition) is 0. The Bertz CT molecular complexity index is 954. The zero-order valence-electron chi connectivity index (χ0n) is 18.0. The first-order valence-corrected chi connectivity index (χ1v) is 10.4. The number of aryl methyl sites for hydroxylation is 2. The molecule has 1 aromatic heterocycles. The van der Waals surface area contributed by atoms with Gasteiger partial charge < -0.3 is 14.1 Å². The summed E-state index contributed by atoms with van der Waals surface area (Å²) in [5.74, 6) is 1.60. The fourth-order valence-electron chi connectivity index (χ4n) is 3.44. The highest BCUT2D eigenvalue weighted by Gasteiger charge is 2.22. The monoisotopic (exact) mass is 393 g/mol. The van der Waals surface area contributed by atoms with E-state index < -0.39 is 0 Å². The summed E-state index contributed by atoms with van der Waals surface area (Å²) in [6.45, 7) is 5.84. The summed E-state index contributed by atoms with van der Waals surface area (Å²) < 4.78 is 11.8. The maximum Gasteiger partial charge on any atom is 0.197 e. The van der Waals surface area contributed by atoms with Crippen molar-refractivity contribution in [2.45, 2.75) is 39.5 Å². The number of ether oxygens (including phenoxy) is 1. The van der Waals surface area contributed by atoms with Crippen LogP contribution in [0.5, 0.6) is 5.75 Å². The van der Waals surface area contributed by atoms with Gasteiger partial charge in [-0.3, -0.25) is 4.79 Å². The summed E-state index contributed by atoms with van der Waals surface area (Å²) in [5.41, 5.74) is 3.27. The molecule has 0 radical (unpaired) electrons. The molecule has 1 heterocycles. The number of rotatable bonds is 10. The first-order chi connectivity index (χ1) is 14.0. The average Bonchev–Trinajstić information content (AvgIpc) is 3.06. The maximum absolute atomic E-state index is 13.4. The third-order valence-electron chi connectivity index (χ3n) is 5.04. The third kappa shape index (κ3) is 5.27. The van der Waals surface area contributed by atoms with Gasteiger partial charge in [-0.05, 0) is 70.3 Å². The van der Waals surface area contributed by atoms with Crippen LogP contribution < -0.4 is 4.74 Å². The molecule has 3 aromatic rings. The van der Waals surface area contributed by atoms with Gasteiger partial charge in [-0.15, -0.1) is 0 Å². The van der Waals surface area contributed by atoms with Crippen LogP contribution in [0.15, 0.2) is 46.9 Å². The van der Waals surface area contributed by atoms with Gasteiger partial charge in [0.2, 0.25) is 0 Å². The third-order valence-corrected chi connectivity index (χ3v) is 5.04. The molecule has 0 saturated heterocycles. The maximum atomic E-state index is 13.4. The summed E-state index contributed by atoms with van der Waals surface area (Å²) >= 11 is 0. The highest BCUT2D eigenvalue weighted by Crippen LogP contribution is 2.30. The number of unbranched alkanes of at least 4 members (excludes halogenated alkanes) is 1. The molecule has 154 valence electrons. The van der Waals surface area contributed by atoms with Crippen LogP contribution in [-0.2, 0) is 6.42 Å². The highest BCUT2D eigenvalue weighted by molar-refractivity contribution is 6.17. The van der Waals surface area contributed by atoms with Crippen molar-refractivity contribution < 1.29 is 13.9 Å². The van der Waals surface area contributed by atoms with E-state index in [1.807, 2.05) is 49.4 Å². The molecular weight excluding hydrogens is 362 g/mol. The largest absolute Gasteiger partial charge is 0.494 e. The van der Waals surface area contributed by atoms with Crippen LogP contribution in [0.2, 0.25) is 0 Å². The minimum Gasteiger partial charge on any atom is -0.494 e. The molecule has 4 heteroatoms. The normalized spacial score (nSPS) is 11.3. The topological polar surface area (TPSA) is 42.7 Å². The second-order valence-electron chi connectivity index (χ2n) is 7.86. The van der Waals surface area contributed by atoms with Crippen molar-refractivity contribution in [3.05, 3.63) is 64.9 Å². The second-order valence-corrected chi connectivity index (χ2v) is 7.86. The van der Waals surface area contributed by atoms with Gasteiger partial charge in [0.05, 0.1) is 12.2 Å². The van der Waals surface area contributed by atoms with E-state index in [0.29, 0.717) is 17.7 Å². The molecule has 3 rings (SSSR count). The van der Waals surface area contributed by atoms with Crippen LogP contribution in [0.1, 0.15) is 53.4 Å². The average molecular weight is 394 g/mol. The molecule has 29 heavy (non-hydrogen) atoms. The quantitative estimate of drug-likeness (QED) is 0.330. The van der Waals surface area contributed by atoms with E-state index >= 15 is 0 Å². The fourth-order valence-corrected chi connectivity index (χ4v) is 3.44. The van der Waals surface area contributed by atoms with Crippen molar-refractivity contribution in [2.75, 3.05) is 27.2 Å². The number of carbonyl (C=O) groups excluding carboxylic acids is 1. The number of hydrogen-bond acceptors (Lipinski definition) is 4. The minimum atomic E-state index is 0.0135. The van der Waals surface area contributed by atoms with E-state index in [2.05, 4.69) is 25.9 Å². The number of furan rings is 1. The van der Waals surface area contributed by atoms with Gasteiger partial charge in [0.15, 0.2) is 5.78 Å². The van der Waals surface area contributed by atoms with E-state index in [1.54, 1.807) is 0 Å². The summed E-state index contributed by atoms with van der Waals surface area (Å²) in [5, 5.41) is 0.908. The smallest absolute Gasteiger partial charge is 0.197 e. The van der Waals surface area contributed by atoms with E-state index in [-0.39, 0.29) is 5.78 Å². The zero-order valence-corrected chi connectivity index (χ0v) is 18.0. The zero-order chi connectivity index (χ0) is 20.8. The van der Waals surface area contributed by atoms with Crippen molar-refractivity contribution >= 4 is 16.8 Å². The van der Waals surface area contributed by atoms with Crippen LogP contribution in [0.25, 0.3) is 11.0 Å². The molecule has 0 fully saturated rings. The Balaban J connectivity index is 1.82. The number of ketones is 1. The predicted octanol–water partition coefficient (Wildman–Crippen LogP) is 5.65. The minimum absolute atomic E-state index is 0.0135. The van der Waals surface area contributed by atoms with Gasteiger partial charge in [-0.25, -0.2) is 0 Å². The van der Waals surface area contributed by atoms with Gasteiger partial charge in [0.25, 0.3) is 0 Å². The van der Waals surface area contributed by atoms with Gasteiger partial charge in [0, 0.05) is 23.9 Å². The van der Waals surface area contributed by atoms with Crippen molar-refractivity contribution in [3.8, 4) is 5.75 Å². The SMILES string of the molecule is CCCCc1oc2ccc(C)cc2c1C(=O)c1ccc(OCCCN(C)C)cc1. The van der Waals surface area contributed by atoms with Crippen LogP contribution in [0.4, 0.5) is 0 Å². The Labute approximate surface area is 173 Å². The summed E-state index contributed by atoms with van der Waals surface area (Å²) in [6, 6.07) is 13.5. The van der Waals surface area contributed by atoms with Gasteiger partial charge in [0.1, 0.15) is 17.1 Å². The molecular formula is C25H31NO3. The summed E-state index contributed by atoms with van der Waals surface area (Å²) in [7, 11) is 4.10. The predicted molar refractivity (Wildman–Crippen MR) is 118 cm³/mol. The molecule has 0 aliphatic heterocycles. The molecule has 0 aliphatic rings. The van der Waals surface area contributed by atoms with Crippen LogP contribution in [0.3, 0.4) is 0 Å². The first kappa shape index (κ1) is 21.1. The molecule has 0 bridgehead atoms. The van der Waals surface area contributed by atoms with Crippen molar-refractivity contribution in [3.63, 3.8) is 0 Å². The first-order valence-electron chi connectivity index (χ1n) is 10.4. The lowest BCUT2D eigenvalue weighted by Crippen LogP contribution is -2.15. The standard InChI is InChI=1S/C25H31NO3/c1-5-6-8-23-24(21-17-18(2)9-14-22(21)29-23)25(27)19-10-12-20(13-11-19)28-16-7-15-26(3)4/h9-14,17H,5-8,15-16H2,1-4H3. The Kier molecular flexibility index (Phi) is 7.10. The molecule has 0 N–H and O–H groups in total. The molecule has 0 aliphatic carbocycles. The molecule has 0 atom stereocenters. The second kappa shape index (κ2) is 9.75. The Morgan fingerprint density at radius 3 is 2.52 bits per heavy atom. The van der Waals surface area contributed by atoms with Crippen molar-refractivity contribution in [2.24, 2.45) is 0 Å². The van der Waals surface area contributed by atoms with Crippen LogP contribution in [-0.4, -0.2) is 37.9 Å². The van der Waals surface area contributed by atoms with E-state index in [4.69, 9.17) is 9.15 Å². The molecule has 2 aromatic carbocycles. The Hall–Kier alpha value is -2.59.